The Bertz CT molecular complexity index is 539. The number of aliphatic carboxylic acids is 1. The maximum Gasteiger partial charge on any atom is 0.328 e. The quantitative estimate of drug-likeness (QED) is 0.832. The molecule has 1 heterocycles. The molecule has 0 fully saturated rings. The van der Waals surface area contributed by atoms with Crippen LogP contribution in [0.15, 0.2) is 16.9 Å². The molecule has 1 N–H and O–H groups in total. The van der Waals surface area contributed by atoms with E-state index in [-0.39, 0.29) is 5.56 Å². The molecule has 0 aliphatic carbocycles. The van der Waals surface area contributed by atoms with Crippen molar-refractivity contribution in [2.75, 3.05) is 0 Å². The van der Waals surface area contributed by atoms with Crippen molar-refractivity contribution in [1.82, 2.24) is 4.57 Å². The first-order valence-electron chi connectivity index (χ1n) is 5.95. The van der Waals surface area contributed by atoms with Gasteiger partial charge in [0.2, 0.25) is 0 Å². The molecule has 0 aromatic carbocycles. The number of rotatable bonds is 4. The molecule has 1 rings (SSSR count). The second-order valence-corrected chi connectivity index (χ2v) is 4.86. The second kappa shape index (κ2) is 5.67. The SMILES string of the molecule is Cc1cc(C)n(CC(C)C)c(=O)c1/C=C/C(=O)O. The number of hydrogen-bond donors (Lipinski definition) is 1. The van der Waals surface area contributed by atoms with Gasteiger partial charge in [0.25, 0.3) is 5.56 Å². The molecule has 0 spiro atoms. The third kappa shape index (κ3) is 3.32. The monoisotopic (exact) mass is 249 g/mol. The minimum Gasteiger partial charge on any atom is -0.478 e. The fourth-order valence-corrected chi connectivity index (χ4v) is 1.89. The lowest BCUT2D eigenvalue weighted by molar-refractivity contribution is -0.131. The summed E-state index contributed by atoms with van der Waals surface area (Å²) in [6, 6.07) is 1.91. The highest BCUT2D eigenvalue weighted by Gasteiger charge is 2.09. The Morgan fingerprint density at radius 1 is 1.44 bits per heavy atom. The zero-order valence-electron chi connectivity index (χ0n) is 11.2. The van der Waals surface area contributed by atoms with Gasteiger partial charge in [0.15, 0.2) is 0 Å². The van der Waals surface area contributed by atoms with E-state index in [1.165, 1.54) is 6.08 Å². The van der Waals surface area contributed by atoms with Crippen molar-refractivity contribution >= 4 is 12.0 Å². The summed E-state index contributed by atoms with van der Waals surface area (Å²) >= 11 is 0. The number of pyridine rings is 1. The van der Waals surface area contributed by atoms with E-state index in [2.05, 4.69) is 0 Å². The predicted octanol–water partition coefficient (Wildman–Crippen LogP) is 2.22. The molecule has 0 saturated carbocycles. The van der Waals surface area contributed by atoms with E-state index in [1.807, 2.05) is 33.8 Å². The van der Waals surface area contributed by atoms with Gasteiger partial charge in [-0.3, -0.25) is 4.79 Å². The molecule has 0 unspecified atom stereocenters. The average Bonchev–Trinajstić information content (AvgIpc) is 2.23. The van der Waals surface area contributed by atoms with Gasteiger partial charge in [-0.1, -0.05) is 13.8 Å². The maximum atomic E-state index is 12.3. The van der Waals surface area contributed by atoms with Gasteiger partial charge < -0.3 is 9.67 Å². The van der Waals surface area contributed by atoms with Gasteiger partial charge >= 0.3 is 5.97 Å². The molecule has 18 heavy (non-hydrogen) atoms. The Balaban J connectivity index is 3.35. The summed E-state index contributed by atoms with van der Waals surface area (Å²) in [7, 11) is 0. The maximum absolute atomic E-state index is 12.3. The van der Waals surface area contributed by atoms with Crippen LogP contribution in [0.25, 0.3) is 6.08 Å². The number of carbonyl (C=O) groups is 1. The Morgan fingerprint density at radius 2 is 2.06 bits per heavy atom. The molecule has 4 heteroatoms. The highest BCUT2D eigenvalue weighted by atomic mass is 16.4. The van der Waals surface area contributed by atoms with Crippen molar-refractivity contribution in [3.63, 3.8) is 0 Å². The zero-order valence-corrected chi connectivity index (χ0v) is 11.2. The molecule has 0 radical (unpaired) electrons. The number of nitrogens with zero attached hydrogens (tertiary/aromatic N) is 1. The summed E-state index contributed by atoms with van der Waals surface area (Å²) in [4.78, 5) is 22.8. The van der Waals surface area contributed by atoms with Crippen molar-refractivity contribution < 1.29 is 9.90 Å². The lowest BCUT2D eigenvalue weighted by Crippen LogP contribution is -2.27. The van der Waals surface area contributed by atoms with Gasteiger partial charge in [-0.2, -0.15) is 0 Å². The molecule has 0 saturated heterocycles. The van der Waals surface area contributed by atoms with Gasteiger partial charge in [0.1, 0.15) is 0 Å². The summed E-state index contributed by atoms with van der Waals surface area (Å²) in [5.41, 5.74) is 2.02. The van der Waals surface area contributed by atoms with Crippen LogP contribution in [0.3, 0.4) is 0 Å². The molecular weight excluding hydrogens is 230 g/mol. The van der Waals surface area contributed by atoms with Crippen LogP contribution in [-0.2, 0) is 11.3 Å². The van der Waals surface area contributed by atoms with Crippen LogP contribution in [0.2, 0.25) is 0 Å². The average molecular weight is 249 g/mol. The minimum atomic E-state index is -1.05. The number of aryl methyl sites for hydroxylation is 2. The van der Waals surface area contributed by atoms with Crippen LogP contribution in [0.5, 0.6) is 0 Å². The largest absolute Gasteiger partial charge is 0.478 e. The third-order valence-electron chi connectivity index (χ3n) is 2.69. The smallest absolute Gasteiger partial charge is 0.328 e. The van der Waals surface area contributed by atoms with Crippen molar-refractivity contribution in [3.05, 3.63) is 39.3 Å². The molecule has 0 bridgehead atoms. The van der Waals surface area contributed by atoms with E-state index >= 15 is 0 Å². The number of carboxylic acids is 1. The second-order valence-electron chi connectivity index (χ2n) is 4.86. The predicted molar refractivity (Wildman–Crippen MR) is 71.7 cm³/mol. The number of carboxylic acid groups (broad SMARTS) is 1. The molecule has 4 nitrogen and oxygen atoms in total. The standard InChI is InChI=1S/C14H19NO3/c1-9(2)8-15-11(4)7-10(3)12(14(15)18)5-6-13(16)17/h5-7,9H,8H2,1-4H3,(H,16,17)/b6-5+. The van der Waals surface area contributed by atoms with Gasteiger partial charge in [0.05, 0.1) is 0 Å². The first-order valence-corrected chi connectivity index (χ1v) is 5.95. The Morgan fingerprint density at radius 3 is 2.56 bits per heavy atom. The molecular formula is C14H19NO3. The van der Waals surface area contributed by atoms with E-state index in [1.54, 1.807) is 4.57 Å². The van der Waals surface area contributed by atoms with Crippen LogP contribution in [0.4, 0.5) is 0 Å². The zero-order chi connectivity index (χ0) is 13.9. The first-order chi connectivity index (χ1) is 8.32. The molecule has 1 aromatic heterocycles. The van der Waals surface area contributed by atoms with Crippen molar-refractivity contribution in [2.45, 2.75) is 34.2 Å². The molecule has 1 aromatic rings. The number of aromatic nitrogens is 1. The van der Waals surface area contributed by atoms with Gasteiger partial charge in [-0.15, -0.1) is 0 Å². The lowest BCUT2D eigenvalue weighted by Gasteiger charge is -2.14. The van der Waals surface area contributed by atoms with E-state index < -0.39 is 5.97 Å². The summed E-state index contributed by atoms with van der Waals surface area (Å²) in [5.74, 6) is -0.690. The molecule has 98 valence electrons. The van der Waals surface area contributed by atoms with Gasteiger partial charge in [-0.25, -0.2) is 4.79 Å². The van der Waals surface area contributed by atoms with Crippen molar-refractivity contribution in [3.8, 4) is 0 Å². The Hall–Kier alpha value is -1.84. The van der Waals surface area contributed by atoms with Crippen LogP contribution in [0.1, 0.15) is 30.7 Å². The van der Waals surface area contributed by atoms with E-state index in [0.717, 1.165) is 17.3 Å². The fourth-order valence-electron chi connectivity index (χ4n) is 1.89. The van der Waals surface area contributed by atoms with E-state index in [4.69, 9.17) is 5.11 Å². The third-order valence-corrected chi connectivity index (χ3v) is 2.69. The molecule has 0 amide bonds. The van der Waals surface area contributed by atoms with Crippen molar-refractivity contribution in [2.24, 2.45) is 5.92 Å². The minimum absolute atomic E-state index is 0.126. The summed E-state index contributed by atoms with van der Waals surface area (Å²) < 4.78 is 1.69. The highest BCUT2D eigenvalue weighted by molar-refractivity contribution is 5.85. The summed E-state index contributed by atoms with van der Waals surface area (Å²) in [5, 5.41) is 8.63. The molecule has 0 aliphatic rings. The van der Waals surface area contributed by atoms with Crippen molar-refractivity contribution in [1.29, 1.82) is 0 Å². The Labute approximate surface area is 107 Å². The van der Waals surface area contributed by atoms with Crippen LogP contribution in [0, 0.1) is 19.8 Å². The van der Waals surface area contributed by atoms with E-state index in [9.17, 15) is 9.59 Å². The fraction of sp³-hybridized carbons (Fsp3) is 0.429. The first kappa shape index (κ1) is 14.2. The number of hydrogen-bond acceptors (Lipinski definition) is 2. The van der Waals surface area contributed by atoms with Crippen LogP contribution in [-0.4, -0.2) is 15.6 Å². The highest BCUT2D eigenvalue weighted by Crippen LogP contribution is 2.09. The molecule has 0 aliphatic heterocycles. The summed E-state index contributed by atoms with van der Waals surface area (Å²) in [6.07, 6.45) is 2.37. The van der Waals surface area contributed by atoms with E-state index in [0.29, 0.717) is 18.0 Å². The van der Waals surface area contributed by atoms with Gasteiger partial charge in [-0.05, 0) is 37.5 Å². The van der Waals surface area contributed by atoms with Gasteiger partial charge in [0, 0.05) is 23.9 Å². The van der Waals surface area contributed by atoms with Crippen LogP contribution >= 0.6 is 0 Å². The Kier molecular flexibility index (Phi) is 4.48. The lowest BCUT2D eigenvalue weighted by atomic mass is 10.1. The molecule has 0 atom stereocenters. The normalized spacial score (nSPS) is 11.4. The summed E-state index contributed by atoms with van der Waals surface area (Å²) in [6.45, 7) is 8.42. The van der Waals surface area contributed by atoms with Crippen LogP contribution < -0.4 is 5.56 Å². The topological polar surface area (TPSA) is 59.3 Å².